The van der Waals surface area contributed by atoms with E-state index in [1.807, 2.05) is 0 Å². The van der Waals surface area contributed by atoms with Crippen molar-refractivity contribution >= 4 is 21.4 Å². The van der Waals surface area contributed by atoms with E-state index in [9.17, 15) is 4.79 Å². The van der Waals surface area contributed by atoms with Crippen molar-refractivity contribution in [1.82, 2.24) is 14.9 Å². The van der Waals surface area contributed by atoms with Crippen LogP contribution >= 0.6 is 11.3 Å². The van der Waals surface area contributed by atoms with E-state index in [4.69, 9.17) is 0 Å². The van der Waals surface area contributed by atoms with Gasteiger partial charge < -0.3 is 4.98 Å². The van der Waals surface area contributed by atoms with Crippen LogP contribution in [0.3, 0.4) is 0 Å². The quantitative estimate of drug-likeness (QED) is 0.791. The van der Waals surface area contributed by atoms with Gasteiger partial charge in [-0.1, -0.05) is 25.1 Å². The Morgan fingerprint density at radius 2 is 2.21 bits per heavy atom. The van der Waals surface area contributed by atoms with Gasteiger partial charge in [-0.05, 0) is 28.8 Å². The molecule has 5 heteroatoms. The molecule has 0 bridgehead atoms. The number of hydrogen-bond donors (Lipinski definition) is 1. The predicted octanol–water partition coefficient (Wildman–Crippen LogP) is 3.50. The maximum Gasteiger partial charge on any atom is 0.255 e. The molecule has 4 rings (SSSR count). The van der Waals surface area contributed by atoms with Gasteiger partial charge in [-0.25, -0.2) is 4.98 Å². The average Bonchev–Trinajstić information content (AvgIpc) is 2.99. The zero-order valence-electron chi connectivity index (χ0n) is 13.8. The first kappa shape index (κ1) is 15.5. The predicted molar refractivity (Wildman–Crippen MR) is 98.5 cm³/mol. The first-order valence-electron chi connectivity index (χ1n) is 8.53. The van der Waals surface area contributed by atoms with Gasteiger partial charge in [-0.2, -0.15) is 0 Å². The van der Waals surface area contributed by atoms with Crippen LogP contribution in [-0.4, -0.2) is 21.4 Å². The molecule has 0 saturated carbocycles. The highest BCUT2D eigenvalue weighted by molar-refractivity contribution is 7.17. The lowest BCUT2D eigenvalue weighted by Gasteiger charge is -2.27. The van der Waals surface area contributed by atoms with E-state index in [0.29, 0.717) is 6.54 Å². The Labute approximate surface area is 145 Å². The molecule has 1 aromatic carbocycles. The fourth-order valence-electron chi connectivity index (χ4n) is 3.42. The molecule has 0 saturated heterocycles. The Hall–Kier alpha value is -1.98. The lowest BCUT2D eigenvalue weighted by Crippen LogP contribution is -2.35. The molecule has 1 aliphatic heterocycles. The average molecular weight is 339 g/mol. The van der Waals surface area contributed by atoms with Crippen LogP contribution in [0.15, 0.2) is 34.4 Å². The number of fused-ring (bicyclic) bond motifs is 2. The summed E-state index contributed by atoms with van der Waals surface area (Å²) in [6.07, 6.45) is 2.70. The van der Waals surface area contributed by atoms with Crippen LogP contribution in [-0.2, 0) is 25.9 Å². The smallest absolute Gasteiger partial charge is 0.255 e. The van der Waals surface area contributed by atoms with Gasteiger partial charge in [0.05, 0.1) is 11.3 Å². The summed E-state index contributed by atoms with van der Waals surface area (Å²) in [5.74, 6) is 0.832. The second-order valence-electron chi connectivity index (χ2n) is 6.41. The third-order valence-electron chi connectivity index (χ3n) is 4.64. The standard InChI is InChI=1S/C19H21N3OS/c1-2-5-18-20-16-8-9-22(11-15(16)19(23)21-18)10-13-12-24-17-7-4-3-6-14(13)17/h3-4,6-7,12H,2,5,8-11H2,1H3,(H,20,21,23). The van der Waals surface area contributed by atoms with E-state index in [0.717, 1.165) is 49.4 Å². The summed E-state index contributed by atoms with van der Waals surface area (Å²) < 4.78 is 1.33. The number of rotatable bonds is 4. The van der Waals surface area contributed by atoms with Crippen molar-refractivity contribution in [1.29, 1.82) is 0 Å². The fraction of sp³-hybridized carbons (Fsp3) is 0.368. The van der Waals surface area contributed by atoms with Gasteiger partial charge in [0.1, 0.15) is 5.82 Å². The van der Waals surface area contributed by atoms with Gasteiger partial charge in [0.15, 0.2) is 0 Å². The number of H-pyrrole nitrogens is 1. The topological polar surface area (TPSA) is 49.0 Å². The molecule has 3 heterocycles. The summed E-state index contributed by atoms with van der Waals surface area (Å²) in [5.41, 5.74) is 3.24. The van der Waals surface area contributed by atoms with Crippen LogP contribution < -0.4 is 5.56 Å². The summed E-state index contributed by atoms with van der Waals surface area (Å²) in [6.45, 7) is 4.64. The van der Waals surface area contributed by atoms with Gasteiger partial charge in [0, 0.05) is 37.2 Å². The molecule has 0 amide bonds. The van der Waals surface area contributed by atoms with Gasteiger partial charge in [-0.15, -0.1) is 11.3 Å². The van der Waals surface area contributed by atoms with Crippen molar-refractivity contribution < 1.29 is 0 Å². The van der Waals surface area contributed by atoms with Crippen molar-refractivity contribution in [3.63, 3.8) is 0 Å². The SMILES string of the molecule is CCCc1nc2c(c(=O)[nH]1)CN(Cc1csc3ccccc13)CC2. The van der Waals surface area contributed by atoms with Crippen molar-refractivity contribution in [2.75, 3.05) is 6.54 Å². The van der Waals surface area contributed by atoms with Crippen molar-refractivity contribution in [2.45, 2.75) is 39.3 Å². The maximum absolute atomic E-state index is 12.4. The van der Waals surface area contributed by atoms with Crippen molar-refractivity contribution in [3.05, 3.63) is 62.6 Å². The van der Waals surface area contributed by atoms with E-state index in [2.05, 4.69) is 51.4 Å². The highest BCUT2D eigenvalue weighted by Gasteiger charge is 2.21. The second kappa shape index (κ2) is 6.49. The number of aromatic nitrogens is 2. The summed E-state index contributed by atoms with van der Waals surface area (Å²) in [7, 11) is 0. The molecule has 0 unspecified atom stereocenters. The molecular weight excluding hydrogens is 318 g/mol. The van der Waals surface area contributed by atoms with Crippen molar-refractivity contribution in [2.24, 2.45) is 0 Å². The number of hydrogen-bond acceptors (Lipinski definition) is 4. The number of nitrogens with one attached hydrogen (secondary N) is 1. The molecule has 0 atom stereocenters. The molecule has 1 aliphatic rings. The van der Waals surface area contributed by atoms with E-state index in [1.165, 1.54) is 15.6 Å². The van der Waals surface area contributed by atoms with E-state index in [-0.39, 0.29) is 5.56 Å². The molecule has 24 heavy (non-hydrogen) atoms. The number of nitrogens with zero attached hydrogens (tertiary/aromatic N) is 2. The Morgan fingerprint density at radius 1 is 1.33 bits per heavy atom. The molecule has 4 nitrogen and oxygen atoms in total. The molecular formula is C19H21N3OS. The zero-order chi connectivity index (χ0) is 16.5. The highest BCUT2D eigenvalue weighted by Crippen LogP contribution is 2.27. The molecule has 1 N–H and O–H groups in total. The number of aryl methyl sites for hydroxylation is 1. The summed E-state index contributed by atoms with van der Waals surface area (Å²) in [5, 5.41) is 3.58. The summed E-state index contributed by atoms with van der Waals surface area (Å²) in [6, 6.07) is 8.52. The fourth-order valence-corrected chi connectivity index (χ4v) is 4.37. The van der Waals surface area contributed by atoms with Crippen LogP contribution in [0, 0.1) is 0 Å². The largest absolute Gasteiger partial charge is 0.310 e. The summed E-state index contributed by atoms with van der Waals surface area (Å²) >= 11 is 1.79. The minimum atomic E-state index is 0.0447. The van der Waals surface area contributed by atoms with Gasteiger partial charge in [0.25, 0.3) is 5.56 Å². The monoisotopic (exact) mass is 339 g/mol. The third kappa shape index (κ3) is 2.89. The minimum Gasteiger partial charge on any atom is -0.310 e. The third-order valence-corrected chi connectivity index (χ3v) is 5.65. The Balaban J connectivity index is 1.57. The number of thiophene rings is 1. The number of aromatic amines is 1. The van der Waals surface area contributed by atoms with Crippen LogP contribution in [0.2, 0.25) is 0 Å². The molecule has 124 valence electrons. The van der Waals surface area contributed by atoms with Crippen LogP contribution in [0.5, 0.6) is 0 Å². The molecule has 0 aliphatic carbocycles. The molecule has 0 fully saturated rings. The Kier molecular flexibility index (Phi) is 4.21. The van der Waals surface area contributed by atoms with Gasteiger partial charge in [0.2, 0.25) is 0 Å². The lowest BCUT2D eigenvalue weighted by molar-refractivity contribution is 0.242. The van der Waals surface area contributed by atoms with Crippen LogP contribution in [0.1, 0.15) is 36.0 Å². The van der Waals surface area contributed by atoms with Gasteiger partial charge in [-0.3, -0.25) is 9.69 Å². The molecule has 0 radical (unpaired) electrons. The lowest BCUT2D eigenvalue weighted by atomic mass is 10.1. The summed E-state index contributed by atoms with van der Waals surface area (Å²) in [4.78, 5) is 22.4. The molecule has 2 aromatic heterocycles. The molecule has 0 spiro atoms. The normalized spacial score (nSPS) is 14.9. The Bertz CT molecular complexity index is 928. The van der Waals surface area contributed by atoms with E-state index < -0.39 is 0 Å². The zero-order valence-corrected chi connectivity index (χ0v) is 14.7. The van der Waals surface area contributed by atoms with Crippen LogP contribution in [0.25, 0.3) is 10.1 Å². The first-order chi connectivity index (χ1) is 11.7. The van der Waals surface area contributed by atoms with Crippen LogP contribution in [0.4, 0.5) is 0 Å². The minimum absolute atomic E-state index is 0.0447. The van der Waals surface area contributed by atoms with E-state index >= 15 is 0 Å². The second-order valence-corrected chi connectivity index (χ2v) is 7.32. The highest BCUT2D eigenvalue weighted by atomic mass is 32.1. The molecule has 3 aromatic rings. The first-order valence-corrected chi connectivity index (χ1v) is 9.41. The maximum atomic E-state index is 12.4. The Morgan fingerprint density at radius 3 is 3.08 bits per heavy atom. The van der Waals surface area contributed by atoms with Crippen molar-refractivity contribution in [3.8, 4) is 0 Å². The van der Waals surface area contributed by atoms with Gasteiger partial charge >= 0.3 is 0 Å². The number of benzene rings is 1. The van der Waals surface area contributed by atoms with E-state index in [1.54, 1.807) is 11.3 Å².